The van der Waals surface area contributed by atoms with Crippen LogP contribution >= 0.6 is 0 Å². The van der Waals surface area contributed by atoms with Crippen molar-refractivity contribution in [1.82, 2.24) is 9.55 Å². The summed E-state index contributed by atoms with van der Waals surface area (Å²) in [6.07, 6.45) is 1.68. The Morgan fingerprint density at radius 3 is 2.50 bits per heavy atom. The molecular formula is C14H13BN2O3. The minimum atomic E-state index is -1.45. The van der Waals surface area contributed by atoms with Crippen LogP contribution in [0.1, 0.15) is 5.56 Å². The summed E-state index contributed by atoms with van der Waals surface area (Å²) in [5.41, 5.74) is 2.91. The third-order valence-electron chi connectivity index (χ3n) is 3.26. The fourth-order valence-electron chi connectivity index (χ4n) is 2.19. The van der Waals surface area contributed by atoms with Crippen molar-refractivity contribution in [3.05, 3.63) is 54.4 Å². The van der Waals surface area contributed by atoms with Gasteiger partial charge in [-0.1, -0.05) is 30.3 Å². The average molecular weight is 268 g/mol. The molecule has 100 valence electrons. The summed E-state index contributed by atoms with van der Waals surface area (Å²) in [7, 11) is -1.45. The summed E-state index contributed by atoms with van der Waals surface area (Å²) in [6.45, 7) is 0.599. The van der Waals surface area contributed by atoms with Gasteiger partial charge in [0, 0.05) is 6.54 Å². The van der Waals surface area contributed by atoms with Crippen LogP contribution in [0.15, 0.2) is 48.8 Å². The van der Waals surface area contributed by atoms with Crippen LogP contribution in [0.5, 0.6) is 5.75 Å². The maximum atomic E-state index is 9.72. The molecule has 0 aliphatic carbocycles. The van der Waals surface area contributed by atoms with Crippen molar-refractivity contribution in [2.45, 2.75) is 6.54 Å². The summed E-state index contributed by atoms with van der Waals surface area (Å²) >= 11 is 0. The summed E-state index contributed by atoms with van der Waals surface area (Å²) in [5.74, 6) is 0.167. The van der Waals surface area contributed by atoms with Crippen molar-refractivity contribution >= 4 is 23.6 Å². The van der Waals surface area contributed by atoms with Crippen LogP contribution in [0.25, 0.3) is 11.0 Å². The highest BCUT2D eigenvalue weighted by molar-refractivity contribution is 6.58. The summed E-state index contributed by atoms with van der Waals surface area (Å²) < 4.78 is 1.93. The molecule has 0 aliphatic rings. The van der Waals surface area contributed by atoms with Gasteiger partial charge in [-0.2, -0.15) is 0 Å². The van der Waals surface area contributed by atoms with E-state index >= 15 is 0 Å². The normalized spacial score (nSPS) is 10.9. The zero-order chi connectivity index (χ0) is 14.1. The largest absolute Gasteiger partial charge is 0.506 e. The standard InChI is InChI=1S/C14H13BN2O3/c18-13-3-1-2-12-14(13)16-9-17(12)8-10-4-6-11(7-5-10)15(19)20/h1-7,9,18-20H,8H2. The minimum absolute atomic E-state index is 0.167. The van der Waals surface area contributed by atoms with Gasteiger partial charge in [-0.05, 0) is 23.2 Å². The summed E-state index contributed by atoms with van der Waals surface area (Å²) in [6, 6.07) is 12.3. The van der Waals surface area contributed by atoms with Gasteiger partial charge in [-0.25, -0.2) is 4.98 Å². The van der Waals surface area contributed by atoms with Gasteiger partial charge < -0.3 is 19.7 Å². The number of rotatable bonds is 3. The van der Waals surface area contributed by atoms with Crippen molar-refractivity contribution in [3.63, 3.8) is 0 Å². The predicted octanol–water partition coefficient (Wildman–Crippen LogP) is 0.470. The Morgan fingerprint density at radius 2 is 1.80 bits per heavy atom. The summed E-state index contributed by atoms with van der Waals surface area (Å²) in [4.78, 5) is 4.19. The van der Waals surface area contributed by atoms with Gasteiger partial charge in [0.25, 0.3) is 0 Å². The van der Waals surface area contributed by atoms with Gasteiger partial charge in [-0.15, -0.1) is 0 Å². The van der Waals surface area contributed by atoms with E-state index in [1.807, 2.05) is 22.8 Å². The lowest BCUT2D eigenvalue weighted by Crippen LogP contribution is -2.29. The van der Waals surface area contributed by atoms with Gasteiger partial charge in [-0.3, -0.25) is 0 Å². The van der Waals surface area contributed by atoms with Crippen LogP contribution in [0, 0.1) is 0 Å². The molecule has 0 unspecified atom stereocenters. The van der Waals surface area contributed by atoms with Crippen LogP contribution in [0.3, 0.4) is 0 Å². The first-order valence-electron chi connectivity index (χ1n) is 6.23. The molecule has 2 aromatic carbocycles. The van der Waals surface area contributed by atoms with Crippen LogP contribution in [0.2, 0.25) is 0 Å². The lowest BCUT2D eigenvalue weighted by Gasteiger charge is -2.06. The third-order valence-corrected chi connectivity index (χ3v) is 3.26. The Morgan fingerprint density at radius 1 is 1.05 bits per heavy atom. The van der Waals surface area contributed by atoms with Crippen molar-refractivity contribution in [2.75, 3.05) is 0 Å². The lowest BCUT2D eigenvalue weighted by molar-refractivity contribution is 0.426. The molecule has 0 bridgehead atoms. The molecule has 3 N–H and O–H groups in total. The number of benzene rings is 2. The molecule has 0 amide bonds. The zero-order valence-corrected chi connectivity index (χ0v) is 10.6. The predicted molar refractivity (Wildman–Crippen MR) is 76.8 cm³/mol. The van der Waals surface area contributed by atoms with Crippen LogP contribution in [0.4, 0.5) is 0 Å². The number of fused-ring (bicyclic) bond motifs is 1. The molecule has 1 aromatic heterocycles. The highest BCUT2D eigenvalue weighted by atomic mass is 16.4. The number of aromatic hydroxyl groups is 1. The number of para-hydroxylation sites is 1. The number of nitrogens with zero attached hydrogens (tertiary/aromatic N) is 2. The van der Waals surface area contributed by atoms with E-state index in [1.165, 1.54) is 0 Å². The van der Waals surface area contributed by atoms with Crippen molar-refractivity contribution in [2.24, 2.45) is 0 Å². The first-order chi connectivity index (χ1) is 9.65. The first kappa shape index (κ1) is 12.7. The SMILES string of the molecule is OB(O)c1ccc(Cn2cnc3c(O)cccc32)cc1. The number of imidazole rings is 1. The van der Waals surface area contributed by atoms with Crippen molar-refractivity contribution in [1.29, 1.82) is 0 Å². The maximum Gasteiger partial charge on any atom is 0.488 e. The molecule has 0 fully saturated rings. The highest BCUT2D eigenvalue weighted by Gasteiger charge is 2.10. The maximum absolute atomic E-state index is 9.72. The third kappa shape index (κ3) is 2.26. The summed E-state index contributed by atoms with van der Waals surface area (Å²) in [5, 5.41) is 27.8. The van der Waals surface area contributed by atoms with E-state index in [1.54, 1.807) is 30.6 Å². The van der Waals surface area contributed by atoms with E-state index in [9.17, 15) is 5.11 Å². The van der Waals surface area contributed by atoms with Crippen LogP contribution < -0.4 is 5.46 Å². The van der Waals surface area contributed by atoms with Crippen molar-refractivity contribution < 1.29 is 15.2 Å². The number of aromatic nitrogens is 2. The first-order valence-corrected chi connectivity index (χ1v) is 6.23. The van der Waals surface area contributed by atoms with Crippen molar-refractivity contribution in [3.8, 4) is 5.75 Å². The van der Waals surface area contributed by atoms with E-state index in [4.69, 9.17) is 10.0 Å². The molecule has 6 heteroatoms. The second kappa shape index (κ2) is 4.99. The van der Waals surface area contributed by atoms with Gasteiger partial charge in [0.15, 0.2) is 0 Å². The molecule has 0 saturated heterocycles. The Balaban J connectivity index is 1.91. The van der Waals surface area contributed by atoms with E-state index in [-0.39, 0.29) is 5.75 Å². The molecule has 3 rings (SSSR count). The minimum Gasteiger partial charge on any atom is -0.506 e. The van der Waals surface area contributed by atoms with Crippen LogP contribution in [-0.2, 0) is 6.54 Å². The zero-order valence-electron chi connectivity index (χ0n) is 10.6. The molecule has 0 atom stereocenters. The second-order valence-corrected chi connectivity index (χ2v) is 4.63. The number of hydrogen-bond acceptors (Lipinski definition) is 4. The smallest absolute Gasteiger partial charge is 0.488 e. The van der Waals surface area contributed by atoms with E-state index < -0.39 is 7.12 Å². The number of hydrogen-bond donors (Lipinski definition) is 3. The molecule has 0 aliphatic heterocycles. The molecule has 0 saturated carbocycles. The fourth-order valence-corrected chi connectivity index (χ4v) is 2.19. The van der Waals surface area contributed by atoms with Gasteiger partial charge in [0.1, 0.15) is 11.3 Å². The Kier molecular flexibility index (Phi) is 3.18. The molecule has 3 aromatic rings. The van der Waals surface area contributed by atoms with Crippen LogP contribution in [-0.4, -0.2) is 31.8 Å². The molecule has 5 nitrogen and oxygen atoms in total. The average Bonchev–Trinajstić information content (AvgIpc) is 2.84. The number of phenolic OH excluding ortho intramolecular Hbond substituents is 1. The topological polar surface area (TPSA) is 78.5 Å². The Hall–Kier alpha value is -2.31. The van der Waals surface area contributed by atoms with E-state index in [2.05, 4.69) is 4.98 Å². The second-order valence-electron chi connectivity index (χ2n) is 4.63. The fraction of sp³-hybridized carbons (Fsp3) is 0.0714. The lowest BCUT2D eigenvalue weighted by atomic mass is 9.80. The molecule has 1 heterocycles. The van der Waals surface area contributed by atoms with E-state index in [0.29, 0.717) is 17.5 Å². The quantitative estimate of drug-likeness (QED) is 0.603. The highest BCUT2D eigenvalue weighted by Crippen LogP contribution is 2.23. The number of phenols is 1. The van der Waals surface area contributed by atoms with Gasteiger partial charge in [0.2, 0.25) is 0 Å². The molecule has 0 spiro atoms. The Labute approximate surface area is 115 Å². The molecule has 20 heavy (non-hydrogen) atoms. The molecular weight excluding hydrogens is 255 g/mol. The Bertz CT molecular complexity index is 738. The van der Waals surface area contributed by atoms with Gasteiger partial charge in [0.05, 0.1) is 11.8 Å². The molecule has 0 radical (unpaired) electrons. The van der Waals surface area contributed by atoms with Gasteiger partial charge >= 0.3 is 7.12 Å². The van der Waals surface area contributed by atoms with E-state index in [0.717, 1.165) is 11.1 Å². The monoisotopic (exact) mass is 268 g/mol.